The number of carbonyl (C=O) groups excluding carboxylic acids is 1. The predicted molar refractivity (Wildman–Crippen MR) is 82.6 cm³/mol. The second-order valence-electron chi connectivity index (χ2n) is 4.91. The van der Waals surface area contributed by atoms with Crippen LogP contribution in [0.3, 0.4) is 0 Å². The van der Waals surface area contributed by atoms with Gasteiger partial charge in [0.25, 0.3) is 5.91 Å². The summed E-state index contributed by atoms with van der Waals surface area (Å²) in [5.41, 5.74) is 15.2. The molecule has 0 aliphatic carbocycles. The molecule has 2 rings (SSSR count). The number of aryl methyl sites for hydroxylation is 1. The van der Waals surface area contributed by atoms with Crippen LogP contribution in [0, 0.1) is 6.92 Å². The van der Waals surface area contributed by atoms with E-state index in [0.29, 0.717) is 16.9 Å². The zero-order chi connectivity index (χ0) is 14.7. The molecule has 1 unspecified atom stereocenters. The van der Waals surface area contributed by atoms with Crippen molar-refractivity contribution in [3.8, 4) is 0 Å². The molecule has 0 heterocycles. The molecular weight excluding hydrogens is 250 g/mol. The van der Waals surface area contributed by atoms with Gasteiger partial charge in [-0.05, 0) is 31.5 Å². The number of nitrogen functional groups attached to an aromatic ring is 1. The van der Waals surface area contributed by atoms with Gasteiger partial charge in [-0.1, -0.05) is 35.9 Å². The number of benzene rings is 2. The fourth-order valence-corrected chi connectivity index (χ4v) is 2.09. The Hall–Kier alpha value is -2.49. The summed E-state index contributed by atoms with van der Waals surface area (Å²) in [7, 11) is 0. The molecule has 0 aromatic heterocycles. The van der Waals surface area contributed by atoms with Crippen LogP contribution in [0.1, 0.15) is 34.5 Å². The van der Waals surface area contributed by atoms with Crippen molar-refractivity contribution < 1.29 is 4.79 Å². The van der Waals surface area contributed by atoms with Gasteiger partial charge in [0.2, 0.25) is 0 Å². The Bertz CT molecular complexity index is 620. The van der Waals surface area contributed by atoms with Crippen LogP contribution in [0.15, 0.2) is 42.5 Å². The first-order chi connectivity index (χ1) is 9.49. The minimum absolute atomic E-state index is 0.0263. The number of nitrogens with one attached hydrogen (secondary N) is 1. The van der Waals surface area contributed by atoms with Crippen LogP contribution in [0.4, 0.5) is 11.4 Å². The van der Waals surface area contributed by atoms with E-state index >= 15 is 0 Å². The summed E-state index contributed by atoms with van der Waals surface area (Å²) in [5.74, 6) is -0.490. The summed E-state index contributed by atoms with van der Waals surface area (Å²) in [6.45, 7) is 4.06. The van der Waals surface area contributed by atoms with Gasteiger partial charge >= 0.3 is 0 Å². The third-order valence-corrected chi connectivity index (χ3v) is 3.30. The zero-order valence-electron chi connectivity index (χ0n) is 11.7. The van der Waals surface area contributed by atoms with Crippen molar-refractivity contribution in [1.82, 2.24) is 0 Å². The van der Waals surface area contributed by atoms with Gasteiger partial charge in [-0.25, -0.2) is 0 Å². The van der Waals surface area contributed by atoms with E-state index in [1.54, 1.807) is 18.2 Å². The smallest absolute Gasteiger partial charge is 0.250 e. The van der Waals surface area contributed by atoms with Gasteiger partial charge < -0.3 is 16.8 Å². The lowest BCUT2D eigenvalue weighted by atomic mass is 10.0. The maximum atomic E-state index is 11.5. The summed E-state index contributed by atoms with van der Waals surface area (Å²) in [6, 6.07) is 13.4. The highest BCUT2D eigenvalue weighted by Gasteiger charge is 2.14. The molecule has 1 amide bonds. The summed E-state index contributed by atoms with van der Waals surface area (Å²) in [5, 5.41) is 3.27. The Labute approximate surface area is 118 Å². The Kier molecular flexibility index (Phi) is 3.94. The Morgan fingerprint density at radius 3 is 2.40 bits per heavy atom. The molecule has 104 valence electrons. The molecule has 20 heavy (non-hydrogen) atoms. The van der Waals surface area contributed by atoms with Crippen molar-refractivity contribution in [3.05, 3.63) is 59.2 Å². The first-order valence-electron chi connectivity index (χ1n) is 6.50. The van der Waals surface area contributed by atoms with E-state index in [1.165, 1.54) is 5.56 Å². The van der Waals surface area contributed by atoms with Gasteiger partial charge in [-0.2, -0.15) is 0 Å². The highest BCUT2D eigenvalue weighted by molar-refractivity contribution is 6.01. The minimum atomic E-state index is -0.490. The van der Waals surface area contributed by atoms with E-state index in [4.69, 9.17) is 11.5 Å². The van der Waals surface area contributed by atoms with Gasteiger partial charge in [-0.3, -0.25) is 4.79 Å². The van der Waals surface area contributed by atoms with E-state index in [0.717, 1.165) is 5.56 Å². The normalized spacial score (nSPS) is 11.9. The predicted octanol–water partition coefficient (Wildman–Crippen LogP) is 2.85. The molecule has 2 aromatic carbocycles. The van der Waals surface area contributed by atoms with E-state index in [9.17, 15) is 4.79 Å². The molecular formula is C16H19N3O. The topological polar surface area (TPSA) is 81.1 Å². The van der Waals surface area contributed by atoms with Gasteiger partial charge in [-0.15, -0.1) is 0 Å². The lowest BCUT2D eigenvalue weighted by Gasteiger charge is -2.19. The van der Waals surface area contributed by atoms with Gasteiger partial charge in [0, 0.05) is 6.04 Å². The van der Waals surface area contributed by atoms with Crippen molar-refractivity contribution in [1.29, 1.82) is 0 Å². The monoisotopic (exact) mass is 269 g/mol. The molecule has 0 saturated carbocycles. The first-order valence-corrected chi connectivity index (χ1v) is 6.50. The van der Waals surface area contributed by atoms with Crippen molar-refractivity contribution in [2.24, 2.45) is 5.73 Å². The van der Waals surface area contributed by atoms with Gasteiger partial charge in [0.05, 0.1) is 16.9 Å². The largest absolute Gasteiger partial charge is 0.397 e. The van der Waals surface area contributed by atoms with Crippen molar-refractivity contribution in [2.45, 2.75) is 19.9 Å². The minimum Gasteiger partial charge on any atom is -0.397 e. The van der Waals surface area contributed by atoms with E-state index in [2.05, 4.69) is 29.6 Å². The molecule has 0 spiro atoms. The molecule has 0 saturated heterocycles. The van der Waals surface area contributed by atoms with E-state index in [1.807, 2.05) is 13.8 Å². The highest BCUT2D eigenvalue weighted by atomic mass is 16.1. The third-order valence-electron chi connectivity index (χ3n) is 3.30. The molecule has 0 aliphatic rings. The zero-order valence-corrected chi connectivity index (χ0v) is 11.7. The van der Waals surface area contributed by atoms with Crippen molar-refractivity contribution in [3.63, 3.8) is 0 Å². The Morgan fingerprint density at radius 2 is 1.80 bits per heavy atom. The highest BCUT2D eigenvalue weighted by Crippen LogP contribution is 2.27. The number of hydrogen-bond acceptors (Lipinski definition) is 3. The molecule has 1 atom stereocenters. The lowest BCUT2D eigenvalue weighted by Crippen LogP contribution is -2.17. The fourth-order valence-electron chi connectivity index (χ4n) is 2.09. The maximum absolute atomic E-state index is 11.5. The summed E-state index contributed by atoms with van der Waals surface area (Å²) in [4.78, 5) is 11.5. The number of para-hydroxylation sites is 1. The molecule has 0 aliphatic heterocycles. The van der Waals surface area contributed by atoms with Crippen LogP contribution < -0.4 is 16.8 Å². The molecule has 5 N–H and O–H groups in total. The standard InChI is InChI=1S/C16H19N3O/c1-10-6-8-12(9-7-10)11(2)19-15-13(16(18)20)4-3-5-14(15)17/h3-9,11,19H,17H2,1-2H3,(H2,18,20). The van der Waals surface area contributed by atoms with Crippen LogP contribution in [0.5, 0.6) is 0 Å². The maximum Gasteiger partial charge on any atom is 0.250 e. The molecule has 0 fully saturated rings. The fraction of sp³-hybridized carbons (Fsp3) is 0.188. The van der Waals surface area contributed by atoms with Crippen molar-refractivity contribution >= 4 is 17.3 Å². The Balaban J connectivity index is 2.30. The molecule has 0 bridgehead atoms. The van der Waals surface area contributed by atoms with Crippen LogP contribution in [-0.4, -0.2) is 5.91 Å². The van der Waals surface area contributed by atoms with Gasteiger partial charge in [0.15, 0.2) is 0 Å². The number of rotatable bonds is 4. The number of nitrogens with two attached hydrogens (primary N) is 2. The van der Waals surface area contributed by atoms with Crippen LogP contribution in [0.2, 0.25) is 0 Å². The Morgan fingerprint density at radius 1 is 1.15 bits per heavy atom. The lowest BCUT2D eigenvalue weighted by molar-refractivity contribution is 0.100. The molecule has 2 aromatic rings. The van der Waals surface area contributed by atoms with Crippen LogP contribution in [0.25, 0.3) is 0 Å². The van der Waals surface area contributed by atoms with Crippen LogP contribution in [-0.2, 0) is 0 Å². The average Bonchev–Trinajstić information content (AvgIpc) is 2.41. The number of hydrogen-bond donors (Lipinski definition) is 3. The first kappa shape index (κ1) is 13.9. The number of amides is 1. The molecule has 4 heteroatoms. The summed E-state index contributed by atoms with van der Waals surface area (Å²) < 4.78 is 0. The SMILES string of the molecule is Cc1ccc(C(C)Nc2c(N)cccc2C(N)=O)cc1. The number of carbonyl (C=O) groups is 1. The second kappa shape index (κ2) is 5.65. The van der Waals surface area contributed by atoms with Gasteiger partial charge in [0.1, 0.15) is 0 Å². The second-order valence-corrected chi connectivity index (χ2v) is 4.91. The molecule has 0 radical (unpaired) electrons. The van der Waals surface area contributed by atoms with Crippen molar-refractivity contribution in [2.75, 3.05) is 11.1 Å². The van der Waals surface area contributed by atoms with Crippen LogP contribution >= 0.6 is 0 Å². The third kappa shape index (κ3) is 2.91. The van der Waals surface area contributed by atoms with E-state index < -0.39 is 5.91 Å². The quantitative estimate of drug-likeness (QED) is 0.746. The number of anilines is 2. The number of primary amides is 1. The molecule has 4 nitrogen and oxygen atoms in total. The average molecular weight is 269 g/mol. The summed E-state index contributed by atoms with van der Waals surface area (Å²) in [6.07, 6.45) is 0. The van der Waals surface area contributed by atoms with E-state index in [-0.39, 0.29) is 6.04 Å². The summed E-state index contributed by atoms with van der Waals surface area (Å²) >= 11 is 0.